The molecule has 226 valence electrons. The average molecular weight is 606 g/mol. The summed E-state index contributed by atoms with van der Waals surface area (Å²) < 4.78 is 24.9. The van der Waals surface area contributed by atoms with Crippen LogP contribution in [0.25, 0.3) is 32.9 Å². The molecular formula is C32H37ClFN7O2. The summed E-state index contributed by atoms with van der Waals surface area (Å²) in [5, 5.41) is 6.05. The van der Waals surface area contributed by atoms with E-state index in [1.54, 1.807) is 21.8 Å². The number of hydrogen-bond donors (Lipinski definition) is 0. The standard InChI is InChI=1S/C32H37ClFN7O2/c1-7-25(42)40-15-20(4)41(16-19(40)3)31-23-13-24(33)27(26-18(2)10-11-21-14-35-39(6)30(21)26)28(34)29(23)36-32(37-31)43-17-22-9-8-12-38(22)5/h7,10-11,13-14,19-20,22H,1,8-9,12,15-17H2,2-6H3/t19-,20+,22-/m1/s1. The van der Waals surface area contributed by atoms with Gasteiger partial charge in [-0.1, -0.05) is 30.3 Å². The number of aromatic nitrogens is 4. The SMILES string of the molecule is C=CC(=O)N1C[C@H](C)N(c2nc(OC[C@H]3CCCN3C)nc3c(F)c(-c4c(C)ccc5cnn(C)c45)c(Cl)cc23)C[C@H]1C. The highest BCUT2D eigenvalue weighted by molar-refractivity contribution is 6.35. The molecule has 0 radical (unpaired) electrons. The number of likely N-dealkylation sites (N-methyl/N-ethyl adjacent to an activating group) is 1. The van der Waals surface area contributed by atoms with E-state index in [1.165, 1.54) is 6.08 Å². The number of halogens is 2. The maximum Gasteiger partial charge on any atom is 0.319 e. The Balaban J connectivity index is 1.52. The molecule has 4 aromatic rings. The number of likely N-dealkylation sites (tertiary alicyclic amines) is 1. The topological polar surface area (TPSA) is 79.6 Å². The Kier molecular flexibility index (Phi) is 7.76. The van der Waals surface area contributed by atoms with Gasteiger partial charge in [0.25, 0.3) is 0 Å². The molecule has 2 fully saturated rings. The van der Waals surface area contributed by atoms with E-state index in [2.05, 4.69) is 33.5 Å². The fourth-order valence-corrected chi connectivity index (χ4v) is 6.85. The van der Waals surface area contributed by atoms with Crippen LogP contribution in [-0.2, 0) is 11.8 Å². The summed E-state index contributed by atoms with van der Waals surface area (Å²) in [6.45, 7) is 12.0. The minimum Gasteiger partial charge on any atom is -0.462 e. The molecule has 2 aromatic carbocycles. The summed E-state index contributed by atoms with van der Waals surface area (Å²) in [6, 6.07) is 5.81. The first-order valence-electron chi connectivity index (χ1n) is 14.7. The second kappa shape index (κ2) is 11.4. The Morgan fingerprint density at radius 1 is 1.19 bits per heavy atom. The van der Waals surface area contributed by atoms with E-state index in [1.807, 2.05) is 40.0 Å². The third-order valence-electron chi connectivity index (χ3n) is 9.00. The van der Waals surface area contributed by atoms with Gasteiger partial charge < -0.3 is 19.4 Å². The predicted octanol–water partition coefficient (Wildman–Crippen LogP) is 5.37. The summed E-state index contributed by atoms with van der Waals surface area (Å²) in [5.41, 5.74) is 2.75. The molecule has 0 bridgehead atoms. The lowest BCUT2D eigenvalue weighted by Gasteiger charge is -2.44. The third kappa shape index (κ3) is 5.10. The van der Waals surface area contributed by atoms with Crippen molar-refractivity contribution in [3.05, 3.63) is 53.5 Å². The number of nitrogens with zero attached hydrogens (tertiary/aromatic N) is 7. The number of amides is 1. The maximum absolute atomic E-state index is 16.9. The second-order valence-corrected chi connectivity index (χ2v) is 12.3. The van der Waals surface area contributed by atoms with Crippen LogP contribution in [-0.4, -0.2) is 86.9 Å². The van der Waals surface area contributed by atoms with Gasteiger partial charge in [0.1, 0.15) is 17.9 Å². The number of aryl methyl sites for hydroxylation is 2. The molecule has 9 nitrogen and oxygen atoms in total. The van der Waals surface area contributed by atoms with Crippen LogP contribution < -0.4 is 9.64 Å². The van der Waals surface area contributed by atoms with Crippen LogP contribution >= 0.6 is 11.6 Å². The Bertz CT molecular complexity index is 1740. The summed E-state index contributed by atoms with van der Waals surface area (Å²) in [6.07, 6.45) is 5.23. The van der Waals surface area contributed by atoms with Crippen molar-refractivity contribution in [3.63, 3.8) is 0 Å². The third-order valence-corrected chi connectivity index (χ3v) is 9.29. The number of piperazine rings is 1. The van der Waals surface area contributed by atoms with Crippen LogP contribution in [0, 0.1) is 12.7 Å². The Hall–Kier alpha value is -3.76. The first-order valence-corrected chi connectivity index (χ1v) is 15.1. The van der Waals surface area contributed by atoms with Crippen LogP contribution in [0.3, 0.4) is 0 Å². The quantitative estimate of drug-likeness (QED) is 0.273. The molecule has 0 N–H and O–H groups in total. The Morgan fingerprint density at radius 3 is 2.70 bits per heavy atom. The molecule has 3 atom stereocenters. The zero-order chi connectivity index (χ0) is 30.6. The molecule has 1 amide bonds. The van der Waals surface area contributed by atoms with Crippen LogP contribution in [0.15, 0.2) is 37.1 Å². The predicted molar refractivity (Wildman–Crippen MR) is 168 cm³/mol. The lowest BCUT2D eigenvalue weighted by atomic mass is 9.96. The normalized spacial score (nSPS) is 21.2. The first-order chi connectivity index (χ1) is 20.6. The minimum atomic E-state index is -0.535. The lowest BCUT2D eigenvalue weighted by Crippen LogP contribution is -2.58. The molecular weight excluding hydrogens is 569 g/mol. The summed E-state index contributed by atoms with van der Waals surface area (Å²) in [7, 11) is 3.92. The molecule has 0 aliphatic carbocycles. The van der Waals surface area contributed by atoms with Gasteiger partial charge in [-0.15, -0.1) is 0 Å². The highest BCUT2D eigenvalue weighted by atomic mass is 35.5. The van der Waals surface area contributed by atoms with Gasteiger partial charge in [0.15, 0.2) is 5.82 Å². The van der Waals surface area contributed by atoms with E-state index in [0.717, 1.165) is 35.9 Å². The van der Waals surface area contributed by atoms with Gasteiger partial charge in [-0.3, -0.25) is 9.48 Å². The van der Waals surface area contributed by atoms with Crippen LogP contribution in [0.1, 0.15) is 32.3 Å². The van der Waals surface area contributed by atoms with Crippen molar-refractivity contribution in [3.8, 4) is 17.1 Å². The number of carbonyl (C=O) groups is 1. The zero-order valence-corrected chi connectivity index (χ0v) is 26.0. The fraction of sp³-hybridized carbons (Fsp3) is 0.438. The summed E-state index contributed by atoms with van der Waals surface area (Å²) >= 11 is 6.95. The molecule has 2 aliphatic heterocycles. The molecule has 2 aromatic heterocycles. The highest BCUT2D eigenvalue weighted by Gasteiger charge is 2.34. The number of hydrogen-bond acceptors (Lipinski definition) is 7. The second-order valence-electron chi connectivity index (χ2n) is 11.9. The number of carbonyl (C=O) groups excluding carboxylic acids is 1. The molecule has 2 saturated heterocycles. The largest absolute Gasteiger partial charge is 0.462 e. The smallest absolute Gasteiger partial charge is 0.319 e. The lowest BCUT2D eigenvalue weighted by molar-refractivity contribution is -0.128. The van der Waals surface area contributed by atoms with Gasteiger partial charge in [0.05, 0.1) is 16.7 Å². The van der Waals surface area contributed by atoms with Crippen LogP contribution in [0.2, 0.25) is 5.02 Å². The molecule has 6 rings (SSSR count). The average Bonchev–Trinajstić information content (AvgIpc) is 3.58. The summed E-state index contributed by atoms with van der Waals surface area (Å²) in [4.78, 5) is 28.2. The van der Waals surface area contributed by atoms with E-state index in [4.69, 9.17) is 21.3 Å². The van der Waals surface area contributed by atoms with E-state index in [-0.39, 0.29) is 46.1 Å². The minimum absolute atomic E-state index is 0.112. The molecule has 11 heteroatoms. The van der Waals surface area contributed by atoms with E-state index < -0.39 is 5.82 Å². The van der Waals surface area contributed by atoms with Crippen molar-refractivity contribution < 1.29 is 13.9 Å². The Labute approximate surface area is 255 Å². The Morgan fingerprint density at radius 2 is 1.98 bits per heavy atom. The highest BCUT2D eigenvalue weighted by Crippen LogP contribution is 2.43. The number of rotatable bonds is 6. The molecule has 43 heavy (non-hydrogen) atoms. The van der Waals surface area contributed by atoms with Crippen molar-refractivity contribution in [2.45, 2.75) is 51.7 Å². The van der Waals surface area contributed by atoms with Crippen molar-refractivity contribution in [2.75, 3.05) is 38.2 Å². The van der Waals surface area contributed by atoms with Gasteiger partial charge in [-0.25, -0.2) is 4.39 Å². The van der Waals surface area contributed by atoms with Crippen LogP contribution in [0.4, 0.5) is 10.2 Å². The molecule has 2 aliphatic rings. The molecule has 0 unspecified atom stereocenters. The number of ether oxygens (including phenoxy) is 1. The van der Waals surface area contributed by atoms with Crippen molar-refractivity contribution >= 4 is 45.1 Å². The van der Waals surface area contributed by atoms with Gasteiger partial charge in [0, 0.05) is 60.2 Å². The molecule has 0 saturated carbocycles. The van der Waals surface area contributed by atoms with Crippen molar-refractivity contribution in [1.82, 2.24) is 29.5 Å². The maximum atomic E-state index is 16.9. The van der Waals surface area contributed by atoms with Gasteiger partial charge in [-0.2, -0.15) is 15.1 Å². The summed E-state index contributed by atoms with van der Waals surface area (Å²) in [5.74, 6) is -0.116. The van der Waals surface area contributed by atoms with Gasteiger partial charge >= 0.3 is 6.01 Å². The molecule has 4 heterocycles. The van der Waals surface area contributed by atoms with Crippen LogP contribution in [0.5, 0.6) is 6.01 Å². The number of fused-ring (bicyclic) bond motifs is 2. The first kappa shape index (κ1) is 29.3. The monoisotopic (exact) mass is 605 g/mol. The van der Waals surface area contributed by atoms with Crippen molar-refractivity contribution in [2.24, 2.45) is 7.05 Å². The van der Waals surface area contributed by atoms with E-state index in [0.29, 0.717) is 36.5 Å². The fourth-order valence-electron chi connectivity index (χ4n) is 6.56. The van der Waals surface area contributed by atoms with Gasteiger partial charge in [0.2, 0.25) is 5.91 Å². The van der Waals surface area contributed by atoms with E-state index >= 15 is 4.39 Å². The van der Waals surface area contributed by atoms with Gasteiger partial charge in [-0.05, 0) is 64.9 Å². The zero-order valence-electron chi connectivity index (χ0n) is 25.3. The molecule has 0 spiro atoms. The number of benzene rings is 2. The number of anilines is 1. The van der Waals surface area contributed by atoms with E-state index in [9.17, 15) is 4.79 Å². The van der Waals surface area contributed by atoms with Crippen molar-refractivity contribution in [1.29, 1.82) is 0 Å².